The van der Waals surface area contributed by atoms with Crippen molar-refractivity contribution in [3.05, 3.63) is 63.3 Å². The Kier molecular flexibility index (Phi) is 5.99. The molecule has 1 aliphatic heterocycles. The lowest BCUT2D eigenvalue weighted by atomic mass is 9.69. The summed E-state index contributed by atoms with van der Waals surface area (Å²) in [5.74, 6) is 0.756. The highest BCUT2D eigenvalue weighted by Gasteiger charge is 2.45. The third kappa shape index (κ3) is 4.12. The molecule has 1 heterocycles. The Morgan fingerprint density at radius 3 is 2.28 bits per heavy atom. The number of carbonyl (C=O) groups excluding carboxylic acids is 2. The van der Waals surface area contributed by atoms with Gasteiger partial charge in [0.05, 0.1) is 19.9 Å². The van der Waals surface area contributed by atoms with Gasteiger partial charge in [-0.05, 0) is 48.2 Å². The summed E-state index contributed by atoms with van der Waals surface area (Å²) in [4.78, 5) is 28.6. The summed E-state index contributed by atoms with van der Waals surface area (Å²) in [7, 11) is 3.17. The van der Waals surface area contributed by atoms with E-state index in [4.69, 9.17) is 32.7 Å². The molecule has 0 aromatic heterocycles. The molecule has 5 nitrogen and oxygen atoms in total. The molecule has 0 saturated carbocycles. The van der Waals surface area contributed by atoms with Crippen LogP contribution in [0.2, 0.25) is 10.0 Å². The van der Waals surface area contributed by atoms with Crippen molar-refractivity contribution in [2.24, 2.45) is 5.41 Å². The number of carbonyl (C=O) groups is 2. The maximum Gasteiger partial charge on any atom is 0.232 e. The van der Waals surface area contributed by atoms with Crippen LogP contribution in [0, 0.1) is 5.41 Å². The molecule has 32 heavy (non-hydrogen) atoms. The fourth-order valence-corrected chi connectivity index (χ4v) is 5.28. The number of rotatable bonds is 4. The normalized spacial score (nSPS) is 20.3. The van der Waals surface area contributed by atoms with Crippen LogP contribution >= 0.6 is 23.2 Å². The molecule has 0 saturated heterocycles. The Morgan fingerprint density at radius 1 is 0.969 bits per heavy atom. The van der Waals surface area contributed by atoms with Crippen LogP contribution in [0.4, 0.5) is 5.69 Å². The number of hydrogen-bond donors (Lipinski definition) is 0. The number of benzene rings is 2. The lowest BCUT2D eigenvalue weighted by molar-refractivity contribution is -0.121. The molecule has 0 spiro atoms. The minimum Gasteiger partial charge on any atom is -0.497 e. The van der Waals surface area contributed by atoms with Crippen molar-refractivity contribution in [3.8, 4) is 11.5 Å². The molecular formula is C25H25Cl2NO4. The second-order valence-corrected chi connectivity index (χ2v) is 9.90. The summed E-state index contributed by atoms with van der Waals surface area (Å²) in [6, 6.07) is 10.5. The van der Waals surface area contributed by atoms with Crippen molar-refractivity contribution >= 4 is 40.6 Å². The van der Waals surface area contributed by atoms with Crippen LogP contribution in [0.3, 0.4) is 0 Å². The molecule has 7 heteroatoms. The van der Waals surface area contributed by atoms with Gasteiger partial charge in [-0.2, -0.15) is 0 Å². The molecule has 1 atom stereocenters. The molecule has 1 unspecified atom stereocenters. The summed E-state index contributed by atoms with van der Waals surface area (Å²) in [5.41, 5.74) is 2.41. The van der Waals surface area contributed by atoms with Gasteiger partial charge >= 0.3 is 0 Å². The number of amides is 1. The van der Waals surface area contributed by atoms with Gasteiger partial charge in [0.2, 0.25) is 5.91 Å². The van der Waals surface area contributed by atoms with Crippen LogP contribution in [-0.2, 0) is 9.59 Å². The Morgan fingerprint density at radius 2 is 1.66 bits per heavy atom. The lowest BCUT2D eigenvalue weighted by Crippen LogP contribution is -2.43. The Balaban J connectivity index is 1.95. The molecule has 0 fully saturated rings. The number of anilines is 1. The van der Waals surface area contributed by atoms with Crippen LogP contribution in [0.5, 0.6) is 11.5 Å². The van der Waals surface area contributed by atoms with Crippen LogP contribution in [-0.4, -0.2) is 25.9 Å². The Bertz CT molecular complexity index is 1120. The van der Waals surface area contributed by atoms with Gasteiger partial charge in [-0.25, -0.2) is 0 Å². The van der Waals surface area contributed by atoms with Crippen LogP contribution in [0.1, 0.15) is 44.6 Å². The Labute approximate surface area is 197 Å². The second kappa shape index (κ2) is 8.45. The number of allylic oxidation sites excluding steroid dienone is 2. The highest BCUT2D eigenvalue weighted by molar-refractivity contribution is 6.35. The molecule has 1 aliphatic carbocycles. The van der Waals surface area contributed by atoms with E-state index >= 15 is 0 Å². The second-order valence-electron chi connectivity index (χ2n) is 9.02. The number of nitrogens with zero attached hydrogens (tertiary/aromatic N) is 1. The molecule has 4 rings (SSSR count). The molecule has 168 valence electrons. The van der Waals surface area contributed by atoms with Crippen molar-refractivity contribution in [2.75, 3.05) is 19.1 Å². The number of ketones is 1. The number of halogens is 2. The van der Waals surface area contributed by atoms with Gasteiger partial charge in [-0.3, -0.25) is 14.5 Å². The summed E-state index contributed by atoms with van der Waals surface area (Å²) < 4.78 is 11.0. The monoisotopic (exact) mass is 473 g/mol. The minimum atomic E-state index is -0.419. The fourth-order valence-electron chi connectivity index (χ4n) is 4.76. The molecule has 2 aliphatic rings. The average molecular weight is 474 g/mol. The molecule has 2 aromatic carbocycles. The maximum absolute atomic E-state index is 13.5. The maximum atomic E-state index is 13.5. The molecule has 2 aromatic rings. The first kappa shape index (κ1) is 22.7. The zero-order valence-electron chi connectivity index (χ0n) is 18.5. The van der Waals surface area contributed by atoms with E-state index in [2.05, 4.69) is 0 Å². The van der Waals surface area contributed by atoms with Gasteiger partial charge in [-0.1, -0.05) is 37.0 Å². The van der Waals surface area contributed by atoms with Gasteiger partial charge in [0.1, 0.15) is 11.5 Å². The van der Waals surface area contributed by atoms with Crippen molar-refractivity contribution in [3.63, 3.8) is 0 Å². The van der Waals surface area contributed by atoms with Gasteiger partial charge < -0.3 is 9.47 Å². The molecule has 1 amide bonds. The van der Waals surface area contributed by atoms with Gasteiger partial charge in [0, 0.05) is 45.6 Å². The zero-order chi connectivity index (χ0) is 23.2. The first-order chi connectivity index (χ1) is 15.1. The first-order valence-corrected chi connectivity index (χ1v) is 11.2. The van der Waals surface area contributed by atoms with Crippen molar-refractivity contribution < 1.29 is 19.1 Å². The topological polar surface area (TPSA) is 55.8 Å². The van der Waals surface area contributed by atoms with Crippen LogP contribution in [0.15, 0.2) is 47.7 Å². The SMILES string of the molecule is COc1ccc(OC)c(C2CC(=O)N(c3cc(Cl)cc(Cl)c3)C3=C2C(=O)CC(C)(C)C3)c1. The van der Waals surface area contributed by atoms with Crippen LogP contribution < -0.4 is 14.4 Å². The third-order valence-corrected chi connectivity index (χ3v) is 6.50. The van der Waals surface area contributed by atoms with E-state index in [0.29, 0.717) is 51.3 Å². The van der Waals surface area contributed by atoms with Crippen molar-refractivity contribution in [1.82, 2.24) is 0 Å². The highest BCUT2D eigenvalue weighted by atomic mass is 35.5. The van der Waals surface area contributed by atoms with E-state index in [1.165, 1.54) is 0 Å². The molecule has 0 radical (unpaired) electrons. The first-order valence-electron chi connectivity index (χ1n) is 10.4. The van der Waals surface area contributed by atoms with E-state index in [1.54, 1.807) is 49.5 Å². The smallest absolute Gasteiger partial charge is 0.232 e. The molecular weight excluding hydrogens is 449 g/mol. The number of methoxy groups -OCH3 is 2. The average Bonchev–Trinajstić information content (AvgIpc) is 2.70. The van der Waals surface area contributed by atoms with Crippen molar-refractivity contribution in [1.29, 1.82) is 0 Å². The lowest BCUT2D eigenvalue weighted by Gasteiger charge is -2.43. The van der Waals surface area contributed by atoms with E-state index in [0.717, 1.165) is 5.56 Å². The van der Waals surface area contributed by atoms with Crippen LogP contribution in [0.25, 0.3) is 0 Å². The zero-order valence-corrected chi connectivity index (χ0v) is 20.0. The van der Waals surface area contributed by atoms with E-state index in [-0.39, 0.29) is 23.5 Å². The summed E-state index contributed by atoms with van der Waals surface area (Å²) >= 11 is 12.5. The number of hydrogen-bond acceptors (Lipinski definition) is 4. The minimum absolute atomic E-state index is 0.0387. The predicted molar refractivity (Wildman–Crippen MR) is 126 cm³/mol. The third-order valence-electron chi connectivity index (χ3n) is 6.06. The van der Waals surface area contributed by atoms with Gasteiger partial charge in [-0.15, -0.1) is 0 Å². The molecule has 0 N–H and O–H groups in total. The summed E-state index contributed by atoms with van der Waals surface area (Å²) in [5, 5.41) is 0.862. The predicted octanol–water partition coefficient (Wildman–Crippen LogP) is 6.17. The quantitative estimate of drug-likeness (QED) is 0.532. The number of ether oxygens (including phenoxy) is 2. The Hall–Kier alpha value is -2.50. The van der Waals surface area contributed by atoms with E-state index in [9.17, 15) is 9.59 Å². The fraction of sp³-hybridized carbons (Fsp3) is 0.360. The van der Waals surface area contributed by atoms with E-state index < -0.39 is 5.92 Å². The molecule has 0 bridgehead atoms. The summed E-state index contributed by atoms with van der Waals surface area (Å²) in [6.07, 6.45) is 1.11. The van der Waals surface area contributed by atoms with Gasteiger partial charge in [0.25, 0.3) is 0 Å². The van der Waals surface area contributed by atoms with Crippen molar-refractivity contribution in [2.45, 2.75) is 39.0 Å². The largest absolute Gasteiger partial charge is 0.497 e. The number of Topliss-reactive ketones (excluding diaryl/α,β-unsaturated/α-hetero) is 1. The highest BCUT2D eigenvalue weighted by Crippen LogP contribution is 2.50. The summed E-state index contributed by atoms with van der Waals surface area (Å²) in [6.45, 7) is 4.08. The standard InChI is InChI=1S/C25H25Cl2NO4/c1-25(2)12-20-24(21(29)13-25)19(18-10-17(31-3)5-6-22(18)32-4)11-23(30)28(20)16-8-14(26)7-15(27)9-16/h5-10,19H,11-13H2,1-4H3. The van der Waals surface area contributed by atoms with Gasteiger partial charge in [0.15, 0.2) is 5.78 Å². The van der Waals surface area contributed by atoms with E-state index in [1.807, 2.05) is 19.9 Å².